The number of para-hydroxylation sites is 3. The minimum atomic E-state index is -0.818. The molecule has 2 heterocycles. The van der Waals surface area contributed by atoms with Gasteiger partial charge in [-0.15, -0.1) is 0 Å². The highest BCUT2D eigenvalue weighted by Gasteiger charge is 2.60. The fourth-order valence-corrected chi connectivity index (χ4v) is 5.31. The molecule has 3 aliphatic rings. The minimum Gasteiger partial charge on any atom is -0.495 e. The summed E-state index contributed by atoms with van der Waals surface area (Å²) in [5.41, 5.74) is 0.814. The van der Waals surface area contributed by atoms with Crippen LogP contribution >= 0.6 is 0 Å². The number of fused-ring (bicyclic) bond motifs is 2. The van der Waals surface area contributed by atoms with Crippen molar-refractivity contribution < 1.29 is 19.1 Å². The van der Waals surface area contributed by atoms with Gasteiger partial charge in [-0.3, -0.25) is 9.59 Å². The molecule has 0 aromatic heterocycles. The lowest BCUT2D eigenvalue weighted by Gasteiger charge is -2.55. The predicted molar refractivity (Wildman–Crippen MR) is 108 cm³/mol. The average Bonchev–Trinajstić information content (AvgIpc) is 2.73. The quantitative estimate of drug-likeness (QED) is 0.785. The van der Waals surface area contributed by atoms with Gasteiger partial charge in [0, 0.05) is 18.3 Å². The molecule has 4 atom stereocenters. The third-order valence-corrected chi connectivity index (χ3v) is 6.54. The van der Waals surface area contributed by atoms with Gasteiger partial charge in [-0.25, -0.2) is 0 Å². The van der Waals surface area contributed by atoms with Gasteiger partial charge in [0.1, 0.15) is 17.4 Å². The van der Waals surface area contributed by atoms with E-state index in [2.05, 4.69) is 10.6 Å². The van der Waals surface area contributed by atoms with Gasteiger partial charge in [0.25, 0.3) is 0 Å². The standard InChI is InChI=1S/C23H24N2O4/c1-28-18-12-5-3-10-16(18)24-21(26)20-19-14-8-2-4-11-17(14)29-23(25-22(20)27)13-7-6-9-15(19)23/h2-5,8,10-12,15,19-20H,6-7,9,13H2,1H3,(H,24,26)(H,25,27)/t15-,19-,20+,23-/m1/s1. The second-order valence-electron chi connectivity index (χ2n) is 8.06. The van der Waals surface area contributed by atoms with E-state index in [1.807, 2.05) is 36.4 Å². The summed E-state index contributed by atoms with van der Waals surface area (Å²) >= 11 is 0. The third kappa shape index (κ3) is 2.77. The van der Waals surface area contributed by atoms with Crippen molar-refractivity contribution in [2.45, 2.75) is 37.3 Å². The van der Waals surface area contributed by atoms with Crippen LogP contribution in [0.5, 0.6) is 11.5 Å². The van der Waals surface area contributed by atoms with Crippen LogP contribution < -0.4 is 20.1 Å². The van der Waals surface area contributed by atoms with Crippen LogP contribution in [0.15, 0.2) is 48.5 Å². The molecule has 6 nitrogen and oxygen atoms in total. The van der Waals surface area contributed by atoms with Gasteiger partial charge in [-0.05, 0) is 36.6 Å². The number of carbonyl (C=O) groups is 2. The monoisotopic (exact) mass is 392 g/mol. The molecule has 29 heavy (non-hydrogen) atoms. The van der Waals surface area contributed by atoms with Crippen LogP contribution in [-0.2, 0) is 9.59 Å². The smallest absolute Gasteiger partial charge is 0.237 e. The molecule has 2 aromatic carbocycles. The summed E-state index contributed by atoms with van der Waals surface area (Å²) in [6, 6.07) is 15.0. The maximum atomic E-state index is 13.4. The van der Waals surface area contributed by atoms with Crippen molar-refractivity contribution in [3.63, 3.8) is 0 Å². The van der Waals surface area contributed by atoms with Gasteiger partial charge in [-0.2, -0.15) is 0 Å². The van der Waals surface area contributed by atoms with Gasteiger partial charge in [0.2, 0.25) is 11.8 Å². The number of hydrogen-bond acceptors (Lipinski definition) is 4. The first kappa shape index (κ1) is 18.0. The zero-order valence-electron chi connectivity index (χ0n) is 16.3. The number of nitrogens with one attached hydrogen (secondary N) is 2. The molecule has 2 fully saturated rings. The Kier molecular flexibility index (Phi) is 4.23. The van der Waals surface area contributed by atoms with E-state index in [0.29, 0.717) is 11.4 Å². The number of ether oxygens (including phenoxy) is 2. The Morgan fingerprint density at radius 2 is 1.97 bits per heavy atom. The molecule has 5 rings (SSSR count). The summed E-state index contributed by atoms with van der Waals surface area (Å²) in [4.78, 5) is 26.5. The van der Waals surface area contributed by atoms with E-state index in [1.165, 1.54) is 0 Å². The lowest BCUT2D eigenvalue weighted by Crippen LogP contribution is -2.69. The first-order valence-corrected chi connectivity index (χ1v) is 10.2. The number of benzene rings is 2. The molecule has 2 aromatic rings. The molecule has 2 N–H and O–H groups in total. The molecule has 1 saturated carbocycles. The van der Waals surface area contributed by atoms with E-state index in [1.54, 1.807) is 19.2 Å². The topological polar surface area (TPSA) is 76.7 Å². The summed E-state index contributed by atoms with van der Waals surface area (Å²) in [6.45, 7) is 0. The molecule has 0 unspecified atom stereocenters. The normalized spacial score (nSPS) is 29.6. The number of rotatable bonds is 3. The summed E-state index contributed by atoms with van der Waals surface area (Å²) in [7, 11) is 1.56. The van der Waals surface area contributed by atoms with E-state index in [4.69, 9.17) is 9.47 Å². The SMILES string of the molecule is COc1ccccc1NC(=O)[C@H]1C(=O)N[C@@]23CCCC[C@@H]2[C@H]1c1ccccc1O3. The van der Waals surface area contributed by atoms with E-state index in [0.717, 1.165) is 37.0 Å². The van der Waals surface area contributed by atoms with Crippen LogP contribution in [-0.4, -0.2) is 24.6 Å². The summed E-state index contributed by atoms with van der Waals surface area (Å²) in [5, 5.41) is 6.02. The van der Waals surface area contributed by atoms with Crippen molar-refractivity contribution in [1.82, 2.24) is 5.32 Å². The zero-order valence-corrected chi connectivity index (χ0v) is 16.3. The van der Waals surface area contributed by atoms with Crippen LogP contribution in [0, 0.1) is 11.8 Å². The maximum Gasteiger partial charge on any atom is 0.237 e. The van der Waals surface area contributed by atoms with Crippen molar-refractivity contribution in [2.24, 2.45) is 11.8 Å². The highest BCUT2D eigenvalue weighted by molar-refractivity contribution is 6.08. The number of carbonyl (C=O) groups excluding carboxylic acids is 2. The Balaban J connectivity index is 1.55. The van der Waals surface area contributed by atoms with Crippen LogP contribution in [0.4, 0.5) is 5.69 Å². The van der Waals surface area contributed by atoms with Gasteiger partial charge in [0.15, 0.2) is 5.72 Å². The molecule has 1 saturated heterocycles. The number of methoxy groups -OCH3 is 1. The molecular weight excluding hydrogens is 368 g/mol. The van der Waals surface area contributed by atoms with Gasteiger partial charge in [-0.1, -0.05) is 36.8 Å². The van der Waals surface area contributed by atoms with E-state index >= 15 is 0 Å². The molecule has 1 aliphatic carbocycles. The fourth-order valence-electron chi connectivity index (χ4n) is 5.31. The lowest BCUT2D eigenvalue weighted by molar-refractivity contribution is -0.160. The van der Waals surface area contributed by atoms with Crippen molar-refractivity contribution in [3.05, 3.63) is 54.1 Å². The molecule has 2 aliphatic heterocycles. The number of hydrogen-bond donors (Lipinski definition) is 2. The third-order valence-electron chi connectivity index (χ3n) is 6.54. The Labute approximate surface area is 169 Å². The maximum absolute atomic E-state index is 13.4. The lowest BCUT2D eigenvalue weighted by atomic mass is 9.62. The average molecular weight is 392 g/mol. The van der Waals surface area contributed by atoms with Crippen molar-refractivity contribution in [2.75, 3.05) is 12.4 Å². The van der Waals surface area contributed by atoms with Crippen molar-refractivity contribution >= 4 is 17.5 Å². The minimum absolute atomic E-state index is 0.0808. The number of piperidine rings is 1. The van der Waals surface area contributed by atoms with Gasteiger partial charge < -0.3 is 20.1 Å². The van der Waals surface area contributed by atoms with E-state index < -0.39 is 11.6 Å². The molecule has 2 amide bonds. The van der Waals surface area contributed by atoms with E-state index in [9.17, 15) is 9.59 Å². The van der Waals surface area contributed by atoms with Crippen molar-refractivity contribution in [1.29, 1.82) is 0 Å². The number of anilines is 1. The van der Waals surface area contributed by atoms with Crippen LogP contribution in [0.1, 0.15) is 37.2 Å². The zero-order chi connectivity index (χ0) is 20.0. The van der Waals surface area contributed by atoms with Gasteiger partial charge in [0.05, 0.1) is 12.8 Å². The largest absolute Gasteiger partial charge is 0.495 e. The molecule has 0 radical (unpaired) electrons. The molecule has 2 bridgehead atoms. The Morgan fingerprint density at radius 3 is 2.83 bits per heavy atom. The fraction of sp³-hybridized carbons (Fsp3) is 0.391. The Morgan fingerprint density at radius 1 is 1.17 bits per heavy atom. The first-order chi connectivity index (χ1) is 14.1. The molecule has 150 valence electrons. The molecular formula is C23H24N2O4. The van der Waals surface area contributed by atoms with Gasteiger partial charge >= 0.3 is 0 Å². The Bertz CT molecular complexity index is 975. The highest BCUT2D eigenvalue weighted by atomic mass is 16.5. The summed E-state index contributed by atoms with van der Waals surface area (Å²) in [6.07, 6.45) is 3.78. The number of amides is 2. The van der Waals surface area contributed by atoms with Crippen LogP contribution in [0.25, 0.3) is 0 Å². The van der Waals surface area contributed by atoms with E-state index in [-0.39, 0.29) is 23.7 Å². The second-order valence-corrected chi connectivity index (χ2v) is 8.06. The Hall–Kier alpha value is -3.02. The molecule has 0 spiro atoms. The van der Waals surface area contributed by atoms with Crippen LogP contribution in [0.2, 0.25) is 0 Å². The predicted octanol–water partition coefficient (Wildman–Crippen LogP) is 3.44. The summed E-state index contributed by atoms with van der Waals surface area (Å²) in [5.74, 6) is -0.188. The second kappa shape index (κ2) is 6.79. The van der Waals surface area contributed by atoms with Crippen LogP contribution in [0.3, 0.4) is 0 Å². The molecule has 6 heteroatoms. The highest BCUT2D eigenvalue weighted by Crippen LogP contribution is 2.55. The van der Waals surface area contributed by atoms with Crippen molar-refractivity contribution in [3.8, 4) is 11.5 Å². The first-order valence-electron chi connectivity index (χ1n) is 10.2. The summed E-state index contributed by atoms with van der Waals surface area (Å²) < 4.78 is 11.7.